The normalized spacial score (nSPS) is 10.5. The molecule has 0 atom stereocenters. The van der Waals surface area contributed by atoms with E-state index in [0.29, 0.717) is 11.5 Å². The molecule has 2 aromatic rings. The van der Waals surface area contributed by atoms with Crippen molar-refractivity contribution in [2.75, 3.05) is 20.3 Å². The zero-order valence-corrected chi connectivity index (χ0v) is 14.7. The Labute approximate surface area is 151 Å². The van der Waals surface area contributed by atoms with Gasteiger partial charge < -0.3 is 9.47 Å². The number of non-ortho nitro benzene ring substituents is 1. The van der Waals surface area contributed by atoms with Gasteiger partial charge in [-0.15, -0.1) is 0 Å². The third-order valence-electron chi connectivity index (χ3n) is 3.18. The molecule has 0 bridgehead atoms. The molecule has 0 saturated carbocycles. The first-order chi connectivity index (χ1) is 12.4. The van der Waals surface area contributed by atoms with Gasteiger partial charge in [0.25, 0.3) is 5.69 Å². The molecule has 2 aromatic carbocycles. The van der Waals surface area contributed by atoms with E-state index in [0.717, 1.165) is 6.07 Å². The van der Waals surface area contributed by atoms with E-state index in [4.69, 9.17) is 9.47 Å². The van der Waals surface area contributed by atoms with E-state index in [1.165, 1.54) is 25.3 Å². The number of benzene rings is 2. The molecular formula is C17H16N2O6S. The number of hydrogen-bond donors (Lipinski definition) is 1. The van der Waals surface area contributed by atoms with Gasteiger partial charge in [-0.2, -0.15) is 4.72 Å². The van der Waals surface area contributed by atoms with Gasteiger partial charge in [0.05, 0.1) is 23.5 Å². The van der Waals surface area contributed by atoms with Crippen molar-refractivity contribution in [3.8, 4) is 23.3 Å². The third kappa shape index (κ3) is 5.20. The largest absolute Gasteiger partial charge is 0.493 e. The second-order valence-corrected chi connectivity index (χ2v) is 6.64. The Balaban J connectivity index is 1.90. The first-order valence-corrected chi connectivity index (χ1v) is 8.88. The number of nitro benzene ring substituents is 1. The number of hydrogen-bond acceptors (Lipinski definition) is 6. The Hall–Kier alpha value is -3.09. The number of sulfonamides is 1. The molecule has 136 valence electrons. The molecule has 2 rings (SSSR count). The standard InChI is InChI=1S/C17H16N2O6S/c1-24-16-9-2-3-10-17(16)25-12-5-4-11-18-26(22,23)15-8-6-7-14(13-15)19(20)21/h2-3,6-10,13,18H,11-12H2,1H3. The van der Waals surface area contributed by atoms with Crippen LogP contribution in [0, 0.1) is 22.0 Å². The Bertz CT molecular complexity index is 947. The zero-order chi connectivity index (χ0) is 19.0. The van der Waals surface area contributed by atoms with E-state index in [2.05, 4.69) is 16.6 Å². The minimum atomic E-state index is -3.88. The molecule has 0 aliphatic heterocycles. The molecule has 0 unspecified atom stereocenters. The van der Waals surface area contributed by atoms with Gasteiger partial charge in [0, 0.05) is 12.1 Å². The van der Waals surface area contributed by atoms with Gasteiger partial charge in [0.15, 0.2) is 11.5 Å². The lowest BCUT2D eigenvalue weighted by molar-refractivity contribution is -0.385. The average Bonchev–Trinajstić information content (AvgIpc) is 2.65. The van der Waals surface area contributed by atoms with Gasteiger partial charge >= 0.3 is 0 Å². The summed E-state index contributed by atoms with van der Waals surface area (Å²) < 4.78 is 37.0. The highest BCUT2D eigenvalue weighted by Crippen LogP contribution is 2.25. The first kappa shape index (κ1) is 19.2. The van der Waals surface area contributed by atoms with Crippen LogP contribution in [0.25, 0.3) is 0 Å². The minimum absolute atomic E-state index is 0.0545. The van der Waals surface area contributed by atoms with Crippen LogP contribution in [0.15, 0.2) is 53.4 Å². The molecule has 0 spiro atoms. The van der Waals surface area contributed by atoms with E-state index in [-0.39, 0.29) is 23.7 Å². The van der Waals surface area contributed by atoms with Crippen LogP contribution in [-0.4, -0.2) is 33.6 Å². The van der Waals surface area contributed by atoms with Crippen LogP contribution in [-0.2, 0) is 10.0 Å². The molecule has 8 nitrogen and oxygen atoms in total. The Kier molecular flexibility index (Phi) is 6.54. The smallest absolute Gasteiger partial charge is 0.270 e. The van der Waals surface area contributed by atoms with Crippen LogP contribution in [0.2, 0.25) is 0 Å². The van der Waals surface area contributed by atoms with Gasteiger partial charge in [0.1, 0.15) is 6.61 Å². The van der Waals surface area contributed by atoms with E-state index in [9.17, 15) is 18.5 Å². The number of nitrogens with zero attached hydrogens (tertiary/aromatic N) is 1. The average molecular weight is 376 g/mol. The number of rotatable bonds is 7. The highest BCUT2D eigenvalue weighted by atomic mass is 32.2. The predicted molar refractivity (Wildman–Crippen MR) is 94.5 cm³/mol. The summed E-state index contributed by atoms with van der Waals surface area (Å²) in [6, 6.07) is 11.8. The maximum absolute atomic E-state index is 12.1. The molecule has 26 heavy (non-hydrogen) atoms. The Morgan fingerprint density at radius 2 is 1.85 bits per heavy atom. The number of para-hydroxylation sites is 2. The summed E-state index contributed by atoms with van der Waals surface area (Å²) in [5.74, 6) is 6.39. The van der Waals surface area contributed by atoms with Gasteiger partial charge in [-0.1, -0.05) is 30.0 Å². The summed E-state index contributed by atoms with van der Waals surface area (Å²) in [4.78, 5) is 9.87. The maximum Gasteiger partial charge on any atom is 0.270 e. The van der Waals surface area contributed by atoms with Crippen LogP contribution < -0.4 is 14.2 Å². The zero-order valence-electron chi connectivity index (χ0n) is 13.8. The molecule has 0 aliphatic rings. The van der Waals surface area contributed by atoms with Crippen molar-refractivity contribution >= 4 is 15.7 Å². The molecule has 0 fully saturated rings. The van der Waals surface area contributed by atoms with Crippen LogP contribution >= 0.6 is 0 Å². The number of nitrogens with one attached hydrogen (secondary N) is 1. The van der Waals surface area contributed by atoms with Crippen molar-refractivity contribution in [1.29, 1.82) is 0 Å². The molecule has 1 N–H and O–H groups in total. The van der Waals surface area contributed by atoms with E-state index < -0.39 is 14.9 Å². The SMILES string of the molecule is COc1ccccc1OCC#CCNS(=O)(=O)c1cccc([N+](=O)[O-])c1. The molecule has 9 heteroatoms. The molecule has 0 amide bonds. The number of methoxy groups -OCH3 is 1. The molecular weight excluding hydrogens is 360 g/mol. The van der Waals surface area contributed by atoms with Crippen molar-refractivity contribution in [3.63, 3.8) is 0 Å². The molecule has 0 aromatic heterocycles. The monoisotopic (exact) mass is 376 g/mol. The Morgan fingerprint density at radius 3 is 2.54 bits per heavy atom. The lowest BCUT2D eigenvalue weighted by Gasteiger charge is -2.07. The summed E-state index contributed by atoms with van der Waals surface area (Å²) in [5, 5.41) is 10.7. The topological polar surface area (TPSA) is 108 Å². The quantitative estimate of drug-likeness (QED) is 0.450. The summed E-state index contributed by atoms with van der Waals surface area (Å²) in [5.41, 5.74) is -0.302. The van der Waals surface area contributed by atoms with Crippen LogP contribution in [0.5, 0.6) is 11.5 Å². The fourth-order valence-electron chi connectivity index (χ4n) is 1.94. The lowest BCUT2D eigenvalue weighted by atomic mass is 10.3. The minimum Gasteiger partial charge on any atom is -0.493 e. The van der Waals surface area contributed by atoms with Gasteiger partial charge in [-0.05, 0) is 18.2 Å². The van der Waals surface area contributed by atoms with Crippen LogP contribution in [0.4, 0.5) is 5.69 Å². The lowest BCUT2D eigenvalue weighted by Crippen LogP contribution is -2.24. The molecule has 0 saturated heterocycles. The maximum atomic E-state index is 12.1. The van der Waals surface area contributed by atoms with E-state index in [1.807, 2.05) is 0 Å². The van der Waals surface area contributed by atoms with Gasteiger partial charge in [-0.25, -0.2) is 8.42 Å². The summed E-state index contributed by atoms with van der Waals surface area (Å²) >= 11 is 0. The fourth-order valence-corrected chi connectivity index (χ4v) is 2.91. The van der Waals surface area contributed by atoms with Crippen molar-refractivity contribution < 1.29 is 22.8 Å². The second-order valence-electron chi connectivity index (χ2n) is 4.87. The summed E-state index contributed by atoms with van der Waals surface area (Å²) in [6.45, 7) is -0.0980. The van der Waals surface area contributed by atoms with Crippen molar-refractivity contribution in [3.05, 3.63) is 58.6 Å². The predicted octanol–water partition coefficient (Wildman–Crippen LogP) is 1.96. The molecule has 0 heterocycles. The van der Waals surface area contributed by atoms with Crippen molar-refractivity contribution in [2.45, 2.75) is 4.90 Å². The third-order valence-corrected chi connectivity index (χ3v) is 4.58. The highest BCUT2D eigenvalue weighted by Gasteiger charge is 2.16. The van der Waals surface area contributed by atoms with Crippen molar-refractivity contribution in [2.24, 2.45) is 0 Å². The van der Waals surface area contributed by atoms with Gasteiger partial charge in [0.2, 0.25) is 10.0 Å². The van der Waals surface area contributed by atoms with Crippen molar-refractivity contribution in [1.82, 2.24) is 4.72 Å². The van der Waals surface area contributed by atoms with Crippen LogP contribution in [0.1, 0.15) is 0 Å². The second kappa shape index (κ2) is 8.84. The van der Waals surface area contributed by atoms with Crippen LogP contribution in [0.3, 0.4) is 0 Å². The molecule has 0 aliphatic carbocycles. The van der Waals surface area contributed by atoms with E-state index in [1.54, 1.807) is 24.3 Å². The summed E-state index contributed by atoms with van der Waals surface area (Å²) in [6.07, 6.45) is 0. The number of ether oxygens (including phenoxy) is 2. The molecule has 0 radical (unpaired) electrons. The fraction of sp³-hybridized carbons (Fsp3) is 0.176. The Morgan fingerprint density at radius 1 is 1.12 bits per heavy atom. The highest BCUT2D eigenvalue weighted by molar-refractivity contribution is 7.89. The first-order valence-electron chi connectivity index (χ1n) is 7.39. The van der Waals surface area contributed by atoms with E-state index >= 15 is 0 Å². The number of nitro groups is 1. The summed E-state index contributed by atoms with van der Waals surface area (Å²) in [7, 11) is -2.36. The van der Waals surface area contributed by atoms with Gasteiger partial charge in [-0.3, -0.25) is 10.1 Å².